The molecule has 2 aromatic carbocycles. The molecule has 0 amide bonds. The number of hydrogen-bond donors (Lipinski definition) is 1. The highest BCUT2D eigenvalue weighted by atomic mass is 35.5. The molecular formula is C21H12ClN3OS2. The minimum Gasteiger partial charge on any atom is -0.321 e. The summed E-state index contributed by atoms with van der Waals surface area (Å²) in [6.07, 6.45) is 1.54. The lowest BCUT2D eigenvalue weighted by atomic mass is 10.0. The first-order valence-corrected chi connectivity index (χ1v) is 10.5. The molecule has 4 nitrogen and oxygen atoms in total. The first-order valence-electron chi connectivity index (χ1n) is 8.48. The maximum Gasteiger partial charge on any atom is 0.263 e. The van der Waals surface area contributed by atoms with Gasteiger partial charge in [-0.3, -0.25) is 4.79 Å². The lowest BCUT2D eigenvalue weighted by molar-refractivity contribution is 1.10. The van der Waals surface area contributed by atoms with Crippen molar-refractivity contribution in [3.8, 4) is 11.1 Å². The van der Waals surface area contributed by atoms with Gasteiger partial charge in [0.25, 0.3) is 5.56 Å². The minimum atomic E-state index is -0.152. The number of aromatic nitrogens is 3. The van der Waals surface area contributed by atoms with Gasteiger partial charge in [0.1, 0.15) is 16.2 Å². The second-order valence-electron chi connectivity index (χ2n) is 6.13. The molecule has 3 aromatic heterocycles. The van der Waals surface area contributed by atoms with Gasteiger partial charge in [-0.05, 0) is 35.2 Å². The van der Waals surface area contributed by atoms with E-state index in [-0.39, 0.29) is 5.56 Å². The standard InChI is InChI=1S/C21H12ClN3OS2/c22-13-6-7-16-15(10-13)17(12-4-2-1-3-5-12)18(19(26)25-16)28-21-14-8-9-27-20(14)23-11-24-21/h1-11H,(H,25,26). The van der Waals surface area contributed by atoms with Gasteiger partial charge in [-0.1, -0.05) is 53.7 Å². The molecule has 0 bridgehead atoms. The van der Waals surface area contributed by atoms with Crippen LogP contribution in [0, 0.1) is 0 Å². The zero-order valence-corrected chi connectivity index (χ0v) is 16.7. The van der Waals surface area contributed by atoms with Crippen molar-refractivity contribution < 1.29 is 0 Å². The summed E-state index contributed by atoms with van der Waals surface area (Å²) in [7, 11) is 0. The number of H-pyrrole nitrogens is 1. The van der Waals surface area contributed by atoms with Crippen LogP contribution in [0.3, 0.4) is 0 Å². The Balaban J connectivity index is 1.82. The van der Waals surface area contributed by atoms with Crippen LogP contribution in [-0.2, 0) is 0 Å². The van der Waals surface area contributed by atoms with Crippen molar-refractivity contribution in [1.82, 2.24) is 15.0 Å². The van der Waals surface area contributed by atoms with Crippen LogP contribution in [0.4, 0.5) is 0 Å². The van der Waals surface area contributed by atoms with E-state index in [1.165, 1.54) is 18.1 Å². The van der Waals surface area contributed by atoms with E-state index in [1.54, 1.807) is 17.4 Å². The molecule has 0 aliphatic heterocycles. The van der Waals surface area contributed by atoms with Crippen molar-refractivity contribution in [1.29, 1.82) is 0 Å². The molecule has 0 fully saturated rings. The number of hydrogen-bond acceptors (Lipinski definition) is 5. The first kappa shape index (κ1) is 17.4. The molecule has 3 heterocycles. The highest BCUT2D eigenvalue weighted by Crippen LogP contribution is 2.39. The van der Waals surface area contributed by atoms with E-state index in [9.17, 15) is 4.79 Å². The summed E-state index contributed by atoms with van der Waals surface area (Å²) in [6.45, 7) is 0. The largest absolute Gasteiger partial charge is 0.321 e. The number of thiophene rings is 1. The fourth-order valence-corrected chi connectivity index (χ4v) is 5.19. The summed E-state index contributed by atoms with van der Waals surface area (Å²) in [5.74, 6) is 0. The molecule has 0 aliphatic rings. The SMILES string of the molecule is O=c1[nH]c2ccc(Cl)cc2c(-c2ccccc2)c1Sc1ncnc2sccc12. The van der Waals surface area contributed by atoms with Crippen LogP contribution in [0.2, 0.25) is 5.02 Å². The van der Waals surface area contributed by atoms with E-state index in [0.29, 0.717) is 9.92 Å². The van der Waals surface area contributed by atoms with Crippen LogP contribution in [0.5, 0.6) is 0 Å². The first-order chi connectivity index (χ1) is 13.7. The molecule has 5 aromatic rings. The smallest absolute Gasteiger partial charge is 0.263 e. The molecule has 5 rings (SSSR count). The summed E-state index contributed by atoms with van der Waals surface area (Å²) in [6, 6.07) is 17.4. The number of benzene rings is 2. The van der Waals surface area contributed by atoms with Gasteiger partial charge in [-0.25, -0.2) is 9.97 Å². The molecule has 0 spiro atoms. The molecule has 0 saturated carbocycles. The summed E-state index contributed by atoms with van der Waals surface area (Å²) < 4.78 is 0. The van der Waals surface area contributed by atoms with Gasteiger partial charge in [0, 0.05) is 26.9 Å². The van der Waals surface area contributed by atoms with Crippen LogP contribution in [0.1, 0.15) is 0 Å². The molecule has 7 heteroatoms. The predicted molar refractivity (Wildman–Crippen MR) is 117 cm³/mol. The molecular weight excluding hydrogens is 410 g/mol. The van der Waals surface area contributed by atoms with Gasteiger partial charge in [-0.2, -0.15) is 0 Å². The van der Waals surface area contributed by atoms with Gasteiger partial charge in [0.15, 0.2) is 0 Å². The number of nitrogens with one attached hydrogen (secondary N) is 1. The zero-order valence-electron chi connectivity index (χ0n) is 14.3. The van der Waals surface area contributed by atoms with Crippen LogP contribution in [0.15, 0.2) is 81.0 Å². The fraction of sp³-hybridized carbons (Fsp3) is 0. The van der Waals surface area contributed by atoms with E-state index in [2.05, 4.69) is 15.0 Å². The Hall–Kier alpha value is -2.67. The number of fused-ring (bicyclic) bond motifs is 2. The Morgan fingerprint density at radius 3 is 2.71 bits per heavy atom. The van der Waals surface area contributed by atoms with Crippen LogP contribution >= 0.6 is 34.7 Å². The number of nitrogens with zero attached hydrogens (tertiary/aromatic N) is 2. The number of pyridine rings is 1. The number of rotatable bonds is 3. The fourth-order valence-electron chi connectivity index (χ4n) is 3.18. The molecule has 0 saturated heterocycles. The quantitative estimate of drug-likeness (QED) is 0.363. The van der Waals surface area contributed by atoms with E-state index < -0.39 is 0 Å². The monoisotopic (exact) mass is 421 g/mol. The maximum absolute atomic E-state index is 13.0. The maximum atomic E-state index is 13.0. The van der Waals surface area contributed by atoms with Gasteiger partial charge < -0.3 is 4.98 Å². The van der Waals surface area contributed by atoms with Gasteiger partial charge in [0.05, 0.1) is 4.90 Å². The van der Waals surface area contributed by atoms with Crippen molar-refractivity contribution >= 4 is 55.8 Å². The lowest BCUT2D eigenvalue weighted by Gasteiger charge is -2.13. The van der Waals surface area contributed by atoms with Crippen LogP contribution in [-0.4, -0.2) is 15.0 Å². The molecule has 0 aliphatic carbocycles. The highest BCUT2D eigenvalue weighted by molar-refractivity contribution is 7.99. The summed E-state index contributed by atoms with van der Waals surface area (Å²) in [5.41, 5.74) is 2.41. The molecule has 1 N–H and O–H groups in total. The van der Waals surface area contributed by atoms with Crippen molar-refractivity contribution in [2.24, 2.45) is 0 Å². The van der Waals surface area contributed by atoms with E-state index in [1.807, 2.05) is 53.9 Å². The van der Waals surface area contributed by atoms with Gasteiger partial charge in [0.2, 0.25) is 0 Å². The number of aromatic amines is 1. The Bertz CT molecular complexity index is 1380. The van der Waals surface area contributed by atoms with Gasteiger partial charge >= 0.3 is 0 Å². The Morgan fingerprint density at radius 2 is 1.86 bits per heavy atom. The highest BCUT2D eigenvalue weighted by Gasteiger charge is 2.18. The molecule has 0 atom stereocenters. The van der Waals surface area contributed by atoms with Crippen molar-refractivity contribution in [3.63, 3.8) is 0 Å². The van der Waals surface area contributed by atoms with Crippen LogP contribution < -0.4 is 5.56 Å². The third-order valence-electron chi connectivity index (χ3n) is 4.42. The Labute approximate surface area is 173 Å². The second kappa shape index (κ2) is 7.05. The average Bonchev–Trinajstić information content (AvgIpc) is 3.19. The molecule has 136 valence electrons. The Kier molecular flexibility index (Phi) is 4.39. The van der Waals surface area contributed by atoms with Crippen molar-refractivity contribution in [2.45, 2.75) is 9.92 Å². The minimum absolute atomic E-state index is 0.152. The van der Waals surface area contributed by atoms with E-state index in [4.69, 9.17) is 11.6 Å². The average molecular weight is 422 g/mol. The molecule has 28 heavy (non-hydrogen) atoms. The lowest BCUT2D eigenvalue weighted by Crippen LogP contribution is -2.10. The third kappa shape index (κ3) is 2.99. The predicted octanol–water partition coefficient (Wildman–Crippen LogP) is 6.00. The van der Waals surface area contributed by atoms with Crippen LogP contribution in [0.25, 0.3) is 32.2 Å². The topological polar surface area (TPSA) is 58.6 Å². The van der Waals surface area contributed by atoms with Crippen molar-refractivity contribution in [2.75, 3.05) is 0 Å². The number of halogens is 1. The normalized spacial score (nSPS) is 11.3. The zero-order chi connectivity index (χ0) is 19.1. The molecule has 0 radical (unpaired) electrons. The second-order valence-corrected chi connectivity index (χ2v) is 8.46. The van der Waals surface area contributed by atoms with E-state index in [0.717, 1.165) is 37.3 Å². The van der Waals surface area contributed by atoms with Gasteiger partial charge in [-0.15, -0.1) is 11.3 Å². The third-order valence-corrected chi connectivity index (χ3v) is 6.59. The van der Waals surface area contributed by atoms with Crippen molar-refractivity contribution in [3.05, 3.63) is 81.7 Å². The summed E-state index contributed by atoms with van der Waals surface area (Å²) in [5, 5.41) is 5.20. The summed E-state index contributed by atoms with van der Waals surface area (Å²) >= 11 is 9.19. The summed E-state index contributed by atoms with van der Waals surface area (Å²) in [4.78, 5) is 26.2. The van der Waals surface area contributed by atoms with E-state index >= 15 is 0 Å². The Morgan fingerprint density at radius 1 is 1.00 bits per heavy atom. The molecule has 0 unspecified atom stereocenters.